The molecule has 0 aromatic heterocycles. The molecule has 0 saturated carbocycles. The van der Waals surface area contributed by atoms with Crippen LogP contribution in [-0.2, 0) is 4.79 Å². The SMILES string of the molecule is C/C(=N\NC(=O)COc1ccc(Cl)cc1)c1ccc2c(c1)Nc1ccccc1S2. The van der Waals surface area contributed by atoms with Crippen molar-refractivity contribution in [3.63, 3.8) is 0 Å². The highest BCUT2D eigenvalue weighted by Gasteiger charge is 2.16. The first-order chi connectivity index (χ1) is 14.1. The Labute approximate surface area is 178 Å². The fraction of sp³-hybridized carbons (Fsp3) is 0.0909. The van der Waals surface area contributed by atoms with Crippen LogP contribution in [0.3, 0.4) is 0 Å². The first-order valence-electron chi connectivity index (χ1n) is 8.98. The summed E-state index contributed by atoms with van der Waals surface area (Å²) in [5, 5.41) is 8.26. The van der Waals surface area contributed by atoms with Crippen molar-refractivity contribution in [3.8, 4) is 5.75 Å². The van der Waals surface area contributed by atoms with Crippen LogP contribution in [0.1, 0.15) is 12.5 Å². The lowest BCUT2D eigenvalue weighted by atomic mass is 10.1. The Morgan fingerprint density at radius 2 is 1.83 bits per heavy atom. The van der Waals surface area contributed by atoms with Crippen LogP contribution in [0.5, 0.6) is 5.75 Å². The molecule has 2 N–H and O–H groups in total. The minimum atomic E-state index is -0.333. The van der Waals surface area contributed by atoms with Crippen molar-refractivity contribution in [2.45, 2.75) is 16.7 Å². The van der Waals surface area contributed by atoms with Gasteiger partial charge in [-0.15, -0.1) is 0 Å². The van der Waals surface area contributed by atoms with E-state index in [-0.39, 0.29) is 12.5 Å². The second kappa shape index (κ2) is 8.59. The predicted octanol–water partition coefficient (Wildman–Crippen LogP) is 5.47. The molecule has 1 amide bonds. The van der Waals surface area contributed by atoms with E-state index >= 15 is 0 Å². The summed E-state index contributed by atoms with van der Waals surface area (Å²) in [4.78, 5) is 14.4. The van der Waals surface area contributed by atoms with Gasteiger partial charge in [-0.1, -0.05) is 41.6 Å². The molecule has 3 aromatic rings. The molecular formula is C22H18ClN3O2S. The lowest BCUT2D eigenvalue weighted by Crippen LogP contribution is -2.25. The van der Waals surface area contributed by atoms with E-state index < -0.39 is 0 Å². The molecule has 146 valence electrons. The maximum Gasteiger partial charge on any atom is 0.277 e. The van der Waals surface area contributed by atoms with Gasteiger partial charge in [0.1, 0.15) is 5.75 Å². The Balaban J connectivity index is 1.38. The van der Waals surface area contributed by atoms with Gasteiger partial charge in [0.05, 0.1) is 17.1 Å². The van der Waals surface area contributed by atoms with Crippen molar-refractivity contribution in [1.82, 2.24) is 5.43 Å². The zero-order chi connectivity index (χ0) is 20.2. The van der Waals surface area contributed by atoms with E-state index in [1.807, 2.05) is 31.2 Å². The number of hydrogen-bond acceptors (Lipinski definition) is 5. The van der Waals surface area contributed by atoms with E-state index in [2.05, 4.69) is 34.0 Å². The van der Waals surface area contributed by atoms with Crippen molar-refractivity contribution >= 4 is 46.4 Å². The first kappa shape index (κ1) is 19.4. The van der Waals surface area contributed by atoms with E-state index in [9.17, 15) is 4.79 Å². The number of fused-ring (bicyclic) bond motifs is 2. The van der Waals surface area contributed by atoms with E-state index in [4.69, 9.17) is 16.3 Å². The van der Waals surface area contributed by atoms with Crippen LogP contribution in [0, 0.1) is 0 Å². The number of halogens is 1. The topological polar surface area (TPSA) is 62.7 Å². The van der Waals surface area contributed by atoms with Gasteiger partial charge < -0.3 is 10.1 Å². The molecule has 0 radical (unpaired) electrons. The van der Waals surface area contributed by atoms with Crippen molar-refractivity contribution in [2.75, 3.05) is 11.9 Å². The number of carbonyl (C=O) groups excluding carboxylic acids is 1. The Morgan fingerprint density at radius 3 is 2.66 bits per heavy atom. The molecule has 29 heavy (non-hydrogen) atoms. The van der Waals surface area contributed by atoms with Gasteiger partial charge in [-0.2, -0.15) is 5.10 Å². The maximum absolute atomic E-state index is 12.0. The van der Waals surface area contributed by atoms with Gasteiger partial charge in [0.2, 0.25) is 0 Å². The Bertz CT molecular complexity index is 1080. The average molecular weight is 424 g/mol. The van der Waals surface area contributed by atoms with Crippen LogP contribution in [0.25, 0.3) is 0 Å². The Hall–Kier alpha value is -2.96. The van der Waals surface area contributed by atoms with Gasteiger partial charge in [0.15, 0.2) is 6.61 Å². The molecule has 0 atom stereocenters. The average Bonchev–Trinajstić information content (AvgIpc) is 2.75. The van der Waals surface area contributed by atoms with Gasteiger partial charge >= 0.3 is 0 Å². The third kappa shape index (κ3) is 4.72. The second-order valence-electron chi connectivity index (χ2n) is 6.41. The number of ether oxygens (including phenoxy) is 1. The summed E-state index contributed by atoms with van der Waals surface area (Å²) in [7, 11) is 0. The summed E-state index contributed by atoms with van der Waals surface area (Å²) < 4.78 is 5.42. The molecule has 0 unspecified atom stereocenters. The Morgan fingerprint density at radius 1 is 1.07 bits per heavy atom. The molecule has 0 aliphatic carbocycles. The molecule has 1 aliphatic rings. The van der Waals surface area contributed by atoms with Crippen LogP contribution in [0.15, 0.2) is 81.6 Å². The molecule has 0 fully saturated rings. The summed E-state index contributed by atoms with van der Waals surface area (Å²) in [5.74, 6) is 0.240. The summed E-state index contributed by atoms with van der Waals surface area (Å²) in [6.07, 6.45) is 0. The number of carbonyl (C=O) groups is 1. The number of nitrogens with zero attached hydrogens (tertiary/aromatic N) is 1. The van der Waals surface area contributed by atoms with Gasteiger partial charge in [-0.25, -0.2) is 5.43 Å². The monoisotopic (exact) mass is 423 g/mol. The zero-order valence-electron chi connectivity index (χ0n) is 15.6. The molecule has 1 heterocycles. The number of hydrazone groups is 1. The van der Waals surface area contributed by atoms with E-state index in [0.29, 0.717) is 16.5 Å². The van der Waals surface area contributed by atoms with Crippen LogP contribution in [0.4, 0.5) is 11.4 Å². The highest BCUT2D eigenvalue weighted by molar-refractivity contribution is 7.99. The fourth-order valence-electron chi connectivity index (χ4n) is 2.79. The number of para-hydroxylation sites is 1. The van der Waals surface area contributed by atoms with Gasteiger partial charge in [-0.05, 0) is 61.0 Å². The van der Waals surface area contributed by atoms with Crippen molar-refractivity contribution < 1.29 is 9.53 Å². The number of rotatable bonds is 5. The highest BCUT2D eigenvalue weighted by atomic mass is 35.5. The fourth-order valence-corrected chi connectivity index (χ4v) is 3.88. The van der Waals surface area contributed by atoms with Crippen LogP contribution >= 0.6 is 23.4 Å². The summed E-state index contributed by atoms with van der Waals surface area (Å²) in [6.45, 7) is 1.73. The van der Waals surface area contributed by atoms with Crippen LogP contribution < -0.4 is 15.5 Å². The number of benzene rings is 3. The first-order valence-corrected chi connectivity index (χ1v) is 10.2. The lowest BCUT2D eigenvalue weighted by molar-refractivity contribution is -0.123. The second-order valence-corrected chi connectivity index (χ2v) is 7.93. The van der Waals surface area contributed by atoms with Crippen molar-refractivity contribution in [2.24, 2.45) is 5.10 Å². The minimum absolute atomic E-state index is 0.127. The number of anilines is 2. The standard InChI is InChI=1S/C22H18ClN3O2S/c1-14(25-26-22(27)13-28-17-9-7-16(23)8-10-17)15-6-11-21-19(12-15)24-18-4-2-3-5-20(18)29-21/h2-12,24H,13H2,1H3,(H,26,27)/b25-14+. The van der Waals surface area contributed by atoms with Crippen molar-refractivity contribution in [1.29, 1.82) is 0 Å². The maximum atomic E-state index is 12.0. The van der Waals surface area contributed by atoms with Gasteiger partial charge in [-0.3, -0.25) is 4.79 Å². The summed E-state index contributed by atoms with van der Waals surface area (Å²) >= 11 is 7.56. The number of amides is 1. The summed E-state index contributed by atoms with van der Waals surface area (Å²) in [5.41, 5.74) is 6.28. The largest absolute Gasteiger partial charge is 0.484 e. The quantitative estimate of drug-likeness (QED) is 0.330. The van der Waals surface area contributed by atoms with Crippen molar-refractivity contribution in [3.05, 3.63) is 77.3 Å². The molecule has 0 bridgehead atoms. The molecule has 7 heteroatoms. The van der Waals surface area contributed by atoms with E-state index in [1.165, 1.54) is 4.90 Å². The zero-order valence-corrected chi connectivity index (χ0v) is 17.2. The molecular weight excluding hydrogens is 406 g/mol. The molecule has 4 rings (SSSR count). The molecule has 0 spiro atoms. The van der Waals surface area contributed by atoms with Crippen LogP contribution in [0.2, 0.25) is 5.02 Å². The minimum Gasteiger partial charge on any atom is -0.484 e. The number of hydrogen-bond donors (Lipinski definition) is 2. The lowest BCUT2D eigenvalue weighted by Gasteiger charge is -2.21. The number of nitrogens with one attached hydrogen (secondary N) is 2. The summed E-state index contributed by atoms with van der Waals surface area (Å²) in [6, 6.07) is 21.1. The van der Waals surface area contributed by atoms with Gasteiger partial charge in [0, 0.05) is 14.8 Å². The Kier molecular flexibility index (Phi) is 5.74. The van der Waals surface area contributed by atoms with Crippen LogP contribution in [-0.4, -0.2) is 18.2 Å². The third-order valence-electron chi connectivity index (χ3n) is 4.31. The molecule has 0 saturated heterocycles. The normalized spacial score (nSPS) is 12.4. The van der Waals surface area contributed by atoms with E-state index in [0.717, 1.165) is 21.8 Å². The molecule has 3 aromatic carbocycles. The predicted molar refractivity (Wildman–Crippen MR) is 118 cm³/mol. The van der Waals surface area contributed by atoms with E-state index in [1.54, 1.807) is 36.0 Å². The van der Waals surface area contributed by atoms with Gasteiger partial charge in [0.25, 0.3) is 5.91 Å². The molecule has 1 aliphatic heterocycles. The molecule has 5 nitrogen and oxygen atoms in total. The third-order valence-corrected chi connectivity index (χ3v) is 5.71. The smallest absolute Gasteiger partial charge is 0.277 e. The highest BCUT2D eigenvalue weighted by Crippen LogP contribution is 2.44.